The fourth-order valence-corrected chi connectivity index (χ4v) is 2.02. The summed E-state index contributed by atoms with van der Waals surface area (Å²) in [7, 11) is 1.32. The van der Waals surface area contributed by atoms with Gasteiger partial charge in [-0.15, -0.1) is 0 Å². The summed E-state index contributed by atoms with van der Waals surface area (Å²) in [4.78, 5) is 23.4. The van der Waals surface area contributed by atoms with Crippen LogP contribution in [-0.4, -0.2) is 49.8 Å². The lowest BCUT2D eigenvalue weighted by atomic mass is 10.1. The van der Waals surface area contributed by atoms with Crippen LogP contribution < -0.4 is 10.6 Å². The summed E-state index contributed by atoms with van der Waals surface area (Å²) in [6, 6.07) is -0.527. The van der Waals surface area contributed by atoms with E-state index in [1.54, 1.807) is 0 Å². The maximum atomic E-state index is 12.2. The number of carbonyl (C=O) groups is 2. The fraction of sp³-hybridized carbons (Fsp3) is 0.846. The van der Waals surface area contributed by atoms with Gasteiger partial charge >= 0.3 is 11.9 Å². The van der Waals surface area contributed by atoms with Crippen LogP contribution in [0.2, 0.25) is 0 Å². The Kier molecular flexibility index (Phi) is 5.75. The van der Waals surface area contributed by atoms with E-state index in [0.29, 0.717) is 0 Å². The van der Waals surface area contributed by atoms with Crippen LogP contribution in [0.4, 0.5) is 0 Å². The van der Waals surface area contributed by atoms with Crippen molar-refractivity contribution in [2.24, 2.45) is 0 Å². The molecule has 1 saturated heterocycles. The third-order valence-corrected chi connectivity index (χ3v) is 2.86. The van der Waals surface area contributed by atoms with E-state index in [2.05, 4.69) is 15.4 Å². The topological polar surface area (TPSA) is 76.7 Å². The SMILES string of the molecule is COC(=O)CNC(C(=O)OC(C)(C)C)[C@@H]1CCCN1. The number of esters is 2. The Morgan fingerprint density at radius 3 is 2.58 bits per heavy atom. The molecule has 1 fully saturated rings. The molecular formula is C13H24N2O4. The second-order valence-electron chi connectivity index (χ2n) is 5.67. The summed E-state index contributed by atoms with van der Waals surface area (Å²) >= 11 is 0. The average molecular weight is 272 g/mol. The molecular weight excluding hydrogens is 248 g/mol. The number of ether oxygens (including phenoxy) is 2. The number of hydrogen-bond donors (Lipinski definition) is 2. The van der Waals surface area contributed by atoms with Crippen molar-refractivity contribution in [2.75, 3.05) is 20.2 Å². The molecule has 6 heteroatoms. The van der Waals surface area contributed by atoms with Crippen molar-refractivity contribution >= 4 is 11.9 Å². The average Bonchev–Trinajstić information content (AvgIpc) is 2.80. The van der Waals surface area contributed by atoms with Gasteiger partial charge in [0.05, 0.1) is 13.7 Å². The Bertz CT molecular complexity index is 319. The highest BCUT2D eigenvalue weighted by atomic mass is 16.6. The van der Waals surface area contributed by atoms with Gasteiger partial charge in [0.2, 0.25) is 0 Å². The predicted octanol–water partition coefficient (Wildman–Crippen LogP) is 0.211. The van der Waals surface area contributed by atoms with Crippen LogP contribution in [0.3, 0.4) is 0 Å². The molecule has 1 aliphatic rings. The van der Waals surface area contributed by atoms with Crippen molar-refractivity contribution in [1.29, 1.82) is 0 Å². The number of nitrogens with one attached hydrogen (secondary N) is 2. The van der Waals surface area contributed by atoms with Gasteiger partial charge in [-0.05, 0) is 40.2 Å². The summed E-state index contributed by atoms with van der Waals surface area (Å²) in [5.41, 5.74) is -0.541. The molecule has 19 heavy (non-hydrogen) atoms. The molecule has 0 aromatic carbocycles. The summed E-state index contributed by atoms with van der Waals surface area (Å²) in [5.74, 6) is -0.734. The normalized spacial score (nSPS) is 20.9. The highest BCUT2D eigenvalue weighted by molar-refractivity contribution is 5.79. The van der Waals surface area contributed by atoms with Crippen LogP contribution in [0.5, 0.6) is 0 Å². The monoisotopic (exact) mass is 272 g/mol. The molecule has 0 aliphatic carbocycles. The van der Waals surface area contributed by atoms with Crippen LogP contribution in [0.1, 0.15) is 33.6 Å². The lowest BCUT2D eigenvalue weighted by Crippen LogP contribution is -2.53. The molecule has 1 rings (SSSR count). The van der Waals surface area contributed by atoms with Crippen molar-refractivity contribution < 1.29 is 19.1 Å². The first-order chi connectivity index (χ1) is 8.83. The molecule has 6 nitrogen and oxygen atoms in total. The van der Waals surface area contributed by atoms with Gasteiger partial charge in [-0.3, -0.25) is 14.9 Å². The minimum absolute atomic E-state index is 0.000457. The van der Waals surface area contributed by atoms with Crippen molar-refractivity contribution in [3.05, 3.63) is 0 Å². The molecule has 1 aliphatic heterocycles. The zero-order chi connectivity index (χ0) is 14.5. The second kappa shape index (κ2) is 6.86. The van der Waals surface area contributed by atoms with E-state index in [0.717, 1.165) is 19.4 Å². The number of methoxy groups -OCH3 is 1. The van der Waals surface area contributed by atoms with Crippen LogP contribution >= 0.6 is 0 Å². The van der Waals surface area contributed by atoms with E-state index in [1.165, 1.54) is 7.11 Å². The number of hydrogen-bond acceptors (Lipinski definition) is 6. The first-order valence-corrected chi connectivity index (χ1v) is 6.60. The van der Waals surface area contributed by atoms with Gasteiger partial charge in [0.25, 0.3) is 0 Å². The van der Waals surface area contributed by atoms with E-state index in [4.69, 9.17) is 4.74 Å². The van der Waals surface area contributed by atoms with E-state index in [1.807, 2.05) is 20.8 Å². The Morgan fingerprint density at radius 2 is 2.11 bits per heavy atom. The second-order valence-corrected chi connectivity index (χ2v) is 5.67. The van der Waals surface area contributed by atoms with E-state index in [9.17, 15) is 9.59 Å². The molecule has 1 unspecified atom stereocenters. The zero-order valence-electron chi connectivity index (χ0n) is 12.1. The molecule has 0 aromatic rings. The molecule has 0 bridgehead atoms. The van der Waals surface area contributed by atoms with Crippen molar-refractivity contribution in [3.8, 4) is 0 Å². The van der Waals surface area contributed by atoms with Crippen LogP contribution in [0, 0.1) is 0 Å². The Labute approximate surface area is 114 Å². The number of rotatable bonds is 5. The van der Waals surface area contributed by atoms with Crippen molar-refractivity contribution in [2.45, 2.75) is 51.3 Å². The molecule has 2 atom stereocenters. The minimum atomic E-state index is -0.541. The van der Waals surface area contributed by atoms with Crippen LogP contribution in [-0.2, 0) is 19.1 Å². The third kappa shape index (κ3) is 5.57. The number of carbonyl (C=O) groups excluding carboxylic acids is 2. The van der Waals surface area contributed by atoms with Gasteiger partial charge in [0, 0.05) is 6.04 Å². The molecule has 0 radical (unpaired) electrons. The first-order valence-electron chi connectivity index (χ1n) is 6.60. The highest BCUT2D eigenvalue weighted by Crippen LogP contribution is 2.14. The molecule has 0 saturated carbocycles. The van der Waals surface area contributed by atoms with Gasteiger partial charge in [-0.25, -0.2) is 0 Å². The standard InChI is InChI=1S/C13H24N2O4/c1-13(2,3)19-12(17)11(9-6-5-7-14-9)15-8-10(16)18-4/h9,11,14-15H,5-8H2,1-4H3/t9-,11?/m0/s1. The fourth-order valence-electron chi connectivity index (χ4n) is 2.02. The molecule has 0 aromatic heterocycles. The Hall–Kier alpha value is -1.14. The maximum absolute atomic E-state index is 12.2. The van der Waals surface area contributed by atoms with Crippen molar-refractivity contribution in [1.82, 2.24) is 10.6 Å². The van der Waals surface area contributed by atoms with Crippen LogP contribution in [0.25, 0.3) is 0 Å². The summed E-state index contributed by atoms with van der Waals surface area (Å²) < 4.78 is 9.95. The highest BCUT2D eigenvalue weighted by Gasteiger charge is 2.33. The van der Waals surface area contributed by atoms with Gasteiger partial charge in [0.15, 0.2) is 0 Å². The summed E-state index contributed by atoms with van der Waals surface area (Å²) in [5, 5.41) is 6.17. The Morgan fingerprint density at radius 1 is 1.42 bits per heavy atom. The first kappa shape index (κ1) is 15.9. The molecule has 2 N–H and O–H groups in total. The van der Waals surface area contributed by atoms with Gasteiger partial charge in [0.1, 0.15) is 11.6 Å². The van der Waals surface area contributed by atoms with Crippen molar-refractivity contribution in [3.63, 3.8) is 0 Å². The zero-order valence-corrected chi connectivity index (χ0v) is 12.1. The molecule has 0 amide bonds. The van der Waals surface area contributed by atoms with E-state index in [-0.39, 0.29) is 18.6 Å². The lowest BCUT2D eigenvalue weighted by Gasteiger charge is -2.27. The van der Waals surface area contributed by atoms with E-state index >= 15 is 0 Å². The summed E-state index contributed by atoms with van der Waals surface area (Å²) in [6.07, 6.45) is 1.90. The van der Waals surface area contributed by atoms with Gasteiger partial charge in [-0.2, -0.15) is 0 Å². The van der Waals surface area contributed by atoms with Gasteiger partial charge < -0.3 is 14.8 Å². The summed E-state index contributed by atoms with van der Waals surface area (Å²) in [6.45, 7) is 6.35. The maximum Gasteiger partial charge on any atom is 0.325 e. The smallest absolute Gasteiger partial charge is 0.325 e. The Balaban J connectivity index is 2.62. The van der Waals surface area contributed by atoms with Crippen LogP contribution in [0.15, 0.2) is 0 Å². The minimum Gasteiger partial charge on any atom is -0.468 e. The lowest BCUT2D eigenvalue weighted by molar-refractivity contribution is -0.158. The third-order valence-electron chi connectivity index (χ3n) is 2.86. The molecule has 0 spiro atoms. The quantitative estimate of drug-likeness (QED) is 0.697. The molecule has 1 heterocycles. The van der Waals surface area contributed by atoms with E-state index < -0.39 is 17.6 Å². The molecule has 110 valence electrons. The van der Waals surface area contributed by atoms with Gasteiger partial charge in [-0.1, -0.05) is 0 Å². The predicted molar refractivity (Wildman–Crippen MR) is 70.7 cm³/mol. The largest absolute Gasteiger partial charge is 0.468 e.